The number of hydrogen-bond acceptors (Lipinski definition) is 5. The first-order valence-corrected chi connectivity index (χ1v) is 11.1. The maximum Gasteiger partial charge on any atom is 0.254 e. The molecule has 4 heterocycles. The first-order valence-electron chi connectivity index (χ1n) is 11.1. The fourth-order valence-electron chi connectivity index (χ4n) is 5.20. The van der Waals surface area contributed by atoms with E-state index in [0.29, 0.717) is 41.7 Å². The minimum atomic E-state index is -0.417. The molecular formula is C25H28FN5O. The third-order valence-corrected chi connectivity index (χ3v) is 6.64. The highest BCUT2D eigenvalue weighted by Gasteiger charge is 2.44. The Hall–Kier alpha value is -3.06. The van der Waals surface area contributed by atoms with E-state index >= 15 is 0 Å². The Kier molecular flexibility index (Phi) is 5.29. The summed E-state index contributed by atoms with van der Waals surface area (Å²) in [5, 5.41) is 3.44. The molecule has 1 aromatic heterocycles. The minimum Gasteiger partial charge on any atom is -0.355 e. The van der Waals surface area contributed by atoms with E-state index in [1.165, 1.54) is 6.07 Å². The van der Waals surface area contributed by atoms with Gasteiger partial charge in [-0.25, -0.2) is 4.39 Å². The molecule has 3 atom stereocenters. The van der Waals surface area contributed by atoms with Gasteiger partial charge in [0.15, 0.2) is 6.29 Å². The van der Waals surface area contributed by atoms with Crippen LogP contribution >= 0.6 is 0 Å². The van der Waals surface area contributed by atoms with Crippen molar-refractivity contribution in [3.05, 3.63) is 65.2 Å². The lowest BCUT2D eigenvalue weighted by Crippen LogP contribution is -2.46. The number of rotatable bonds is 3. The summed E-state index contributed by atoms with van der Waals surface area (Å²) in [4.78, 5) is 26.9. The zero-order chi connectivity index (χ0) is 22.4. The standard InChI is InChI=1S/C25H28FN5O/c1-15-6-4-9-22(27-15)23-20(7-5-8-21(23)26)24(32)30-11-18-13-31(14-19(18)12-30)25-28-16(2)10-17(3)29-25/h4-10,18-19,25,28H,11-14H2,1-3H3. The van der Waals surface area contributed by atoms with Crippen LogP contribution in [-0.4, -0.2) is 58.9 Å². The van der Waals surface area contributed by atoms with Crippen molar-refractivity contribution in [1.29, 1.82) is 0 Å². The zero-order valence-electron chi connectivity index (χ0n) is 18.7. The molecule has 1 amide bonds. The summed E-state index contributed by atoms with van der Waals surface area (Å²) >= 11 is 0. The number of carbonyl (C=O) groups is 1. The fourth-order valence-corrected chi connectivity index (χ4v) is 5.20. The lowest BCUT2D eigenvalue weighted by molar-refractivity contribution is 0.0768. The van der Waals surface area contributed by atoms with E-state index in [0.717, 1.165) is 30.2 Å². The van der Waals surface area contributed by atoms with Crippen LogP contribution in [0.1, 0.15) is 29.9 Å². The van der Waals surface area contributed by atoms with E-state index in [2.05, 4.69) is 22.1 Å². The lowest BCUT2D eigenvalue weighted by atomic mass is 10.0. The van der Waals surface area contributed by atoms with E-state index in [9.17, 15) is 9.18 Å². The Balaban J connectivity index is 1.33. The van der Waals surface area contributed by atoms with Gasteiger partial charge in [0, 0.05) is 48.8 Å². The van der Waals surface area contributed by atoms with Crippen LogP contribution in [0.3, 0.4) is 0 Å². The Morgan fingerprint density at radius 1 is 1.03 bits per heavy atom. The van der Waals surface area contributed by atoms with Crippen LogP contribution in [0.4, 0.5) is 4.39 Å². The maximum absolute atomic E-state index is 14.8. The average Bonchev–Trinajstić information content (AvgIpc) is 3.32. The van der Waals surface area contributed by atoms with Crippen molar-refractivity contribution in [2.75, 3.05) is 26.2 Å². The molecule has 0 bridgehead atoms. The number of pyridine rings is 1. The molecule has 3 unspecified atom stereocenters. The molecule has 1 aromatic carbocycles. The first-order chi connectivity index (χ1) is 15.4. The number of aliphatic imine (C=N–C) groups is 1. The van der Waals surface area contributed by atoms with Gasteiger partial charge in [-0.2, -0.15) is 0 Å². The predicted octanol–water partition coefficient (Wildman–Crippen LogP) is 3.45. The Bertz CT molecular complexity index is 1110. The van der Waals surface area contributed by atoms with Crippen LogP contribution in [0.25, 0.3) is 11.3 Å². The van der Waals surface area contributed by atoms with Crippen LogP contribution in [0.2, 0.25) is 0 Å². The molecule has 2 saturated heterocycles. The van der Waals surface area contributed by atoms with Crippen molar-refractivity contribution < 1.29 is 9.18 Å². The normalized spacial score (nSPS) is 25.2. The summed E-state index contributed by atoms with van der Waals surface area (Å²) in [5.74, 6) is 0.264. The number of nitrogens with one attached hydrogen (secondary N) is 1. The average molecular weight is 434 g/mol. The van der Waals surface area contributed by atoms with Crippen LogP contribution in [0.5, 0.6) is 0 Å². The number of allylic oxidation sites excluding steroid dienone is 2. The van der Waals surface area contributed by atoms with Crippen molar-refractivity contribution >= 4 is 11.6 Å². The maximum atomic E-state index is 14.8. The molecule has 0 spiro atoms. The quantitative estimate of drug-likeness (QED) is 0.806. The van der Waals surface area contributed by atoms with E-state index in [4.69, 9.17) is 4.99 Å². The first kappa shape index (κ1) is 20.8. The van der Waals surface area contributed by atoms with E-state index in [1.807, 2.05) is 37.0 Å². The van der Waals surface area contributed by atoms with Crippen molar-refractivity contribution in [3.63, 3.8) is 0 Å². The predicted molar refractivity (Wildman–Crippen MR) is 123 cm³/mol. The third kappa shape index (κ3) is 3.81. The van der Waals surface area contributed by atoms with Crippen LogP contribution in [0, 0.1) is 24.6 Å². The smallest absolute Gasteiger partial charge is 0.254 e. The van der Waals surface area contributed by atoms with E-state index in [1.54, 1.807) is 18.2 Å². The molecule has 32 heavy (non-hydrogen) atoms. The number of nitrogens with zero attached hydrogens (tertiary/aromatic N) is 4. The van der Waals surface area contributed by atoms with Gasteiger partial charge in [0.1, 0.15) is 5.82 Å². The summed E-state index contributed by atoms with van der Waals surface area (Å²) in [5.41, 5.74) is 4.12. The molecule has 7 heteroatoms. The van der Waals surface area contributed by atoms with Crippen molar-refractivity contribution in [3.8, 4) is 11.3 Å². The monoisotopic (exact) mass is 433 g/mol. The van der Waals surface area contributed by atoms with Gasteiger partial charge in [0.2, 0.25) is 0 Å². The molecule has 5 rings (SSSR count). The number of benzene rings is 1. The molecule has 3 aliphatic rings. The van der Waals surface area contributed by atoms with Gasteiger partial charge >= 0.3 is 0 Å². The summed E-state index contributed by atoms with van der Waals surface area (Å²) in [6.07, 6.45) is 2.02. The van der Waals surface area contributed by atoms with Gasteiger partial charge < -0.3 is 10.2 Å². The molecule has 1 N–H and O–H groups in total. The number of aryl methyl sites for hydroxylation is 1. The van der Waals surface area contributed by atoms with Crippen molar-refractivity contribution in [2.24, 2.45) is 16.8 Å². The molecule has 2 aromatic rings. The molecule has 0 saturated carbocycles. The summed E-state index contributed by atoms with van der Waals surface area (Å²) < 4.78 is 14.8. The molecule has 2 fully saturated rings. The van der Waals surface area contributed by atoms with Gasteiger partial charge in [-0.1, -0.05) is 12.1 Å². The second-order valence-corrected chi connectivity index (χ2v) is 9.13. The topological polar surface area (TPSA) is 60.8 Å². The number of fused-ring (bicyclic) bond motifs is 1. The summed E-state index contributed by atoms with van der Waals surface area (Å²) in [7, 11) is 0. The Morgan fingerprint density at radius 2 is 1.75 bits per heavy atom. The van der Waals surface area contributed by atoms with Crippen LogP contribution in [0.15, 0.2) is 53.2 Å². The second kappa shape index (κ2) is 8.13. The number of hydrogen-bond donors (Lipinski definition) is 1. The fraction of sp³-hybridized carbons (Fsp3) is 0.400. The Morgan fingerprint density at radius 3 is 2.44 bits per heavy atom. The largest absolute Gasteiger partial charge is 0.355 e. The van der Waals surface area contributed by atoms with Gasteiger partial charge in [-0.15, -0.1) is 0 Å². The summed E-state index contributed by atoms with van der Waals surface area (Å²) in [6.45, 7) is 9.10. The van der Waals surface area contributed by atoms with Gasteiger partial charge in [0.05, 0.1) is 11.3 Å². The second-order valence-electron chi connectivity index (χ2n) is 9.13. The summed E-state index contributed by atoms with van der Waals surface area (Å²) in [6, 6.07) is 10.2. The number of aromatic nitrogens is 1. The van der Waals surface area contributed by atoms with Crippen LogP contribution in [-0.2, 0) is 0 Å². The van der Waals surface area contributed by atoms with Gasteiger partial charge in [0.25, 0.3) is 5.91 Å². The lowest BCUT2D eigenvalue weighted by Gasteiger charge is -2.30. The number of carbonyl (C=O) groups excluding carboxylic acids is 1. The molecule has 0 radical (unpaired) electrons. The number of amides is 1. The minimum absolute atomic E-state index is 0.0306. The molecule has 166 valence electrons. The van der Waals surface area contributed by atoms with Crippen LogP contribution < -0.4 is 5.32 Å². The highest BCUT2D eigenvalue weighted by molar-refractivity contribution is 6.00. The highest BCUT2D eigenvalue weighted by Crippen LogP contribution is 2.35. The Labute approximate surface area is 187 Å². The highest BCUT2D eigenvalue weighted by atomic mass is 19.1. The third-order valence-electron chi connectivity index (χ3n) is 6.64. The van der Waals surface area contributed by atoms with Crippen molar-refractivity contribution in [1.82, 2.24) is 20.1 Å². The van der Waals surface area contributed by atoms with Crippen molar-refractivity contribution in [2.45, 2.75) is 27.1 Å². The SMILES string of the molecule is CC1=CC(C)=NC(N2CC3CN(C(=O)c4cccc(F)c4-c4cccc(C)n4)CC3C2)N1. The van der Waals surface area contributed by atoms with E-state index < -0.39 is 5.82 Å². The molecule has 6 nitrogen and oxygen atoms in total. The molecule has 3 aliphatic heterocycles. The van der Waals surface area contributed by atoms with E-state index in [-0.39, 0.29) is 12.2 Å². The number of halogens is 1. The number of likely N-dealkylation sites (tertiary alicyclic amines) is 2. The van der Waals surface area contributed by atoms with Gasteiger partial charge in [-0.05, 0) is 62.9 Å². The van der Waals surface area contributed by atoms with Gasteiger partial charge in [-0.3, -0.25) is 19.7 Å². The zero-order valence-corrected chi connectivity index (χ0v) is 18.7. The molecular weight excluding hydrogens is 405 g/mol. The molecule has 0 aliphatic carbocycles.